The van der Waals surface area contributed by atoms with E-state index in [9.17, 15) is 4.79 Å². The highest BCUT2D eigenvalue weighted by molar-refractivity contribution is 5.74. The van der Waals surface area contributed by atoms with Crippen molar-refractivity contribution in [2.24, 2.45) is 5.92 Å². The number of piperazine rings is 1. The van der Waals surface area contributed by atoms with Gasteiger partial charge >= 0.3 is 0 Å². The lowest BCUT2D eigenvalue weighted by Crippen LogP contribution is -2.65. The Labute approximate surface area is 166 Å². The molecule has 1 aliphatic heterocycles. The summed E-state index contributed by atoms with van der Waals surface area (Å²) >= 11 is 0. The number of amides is 1. The van der Waals surface area contributed by atoms with E-state index in [0.717, 1.165) is 26.2 Å². The van der Waals surface area contributed by atoms with Crippen LogP contribution in [0.3, 0.4) is 0 Å². The monoisotopic (exact) mass is 379 g/mol. The van der Waals surface area contributed by atoms with Crippen LogP contribution < -0.4 is 0 Å². The van der Waals surface area contributed by atoms with Crippen molar-refractivity contribution in [3.63, 3.8) is 0 Å². The molecular weight excluding hydrogens is 338 g/mol. The van der Waals surface area contributed by atoms with Crippen molar-refractivity contribution in [2.45, 2.75) is 89.4 Å². The zero-order valence-electron chi connectivity index (χ0n) is 18.0. The van der Waals surface area contributed by atoms with Gasteiger partial charge in [0.25, 0.3) is 0 Å². The highest BCUT2D eigenvalue weighted by Crippen LogP contribution is 2.35. The van der Waals surface area contributed by atoms with Crippen LogP contribution in [-0.4, -0.2) is 85.2 Å². The van der Waals surface area contributed by atoms with Crippen LogP contribution in [0.25, 0.3) is 0 Å². The Morgan fingerprint density at radius 2 is 1.70 bits per heavy atom. The van der Waals surface area contributed by atoms with Crippen LogP contribution in [-0.2, 0) is 9.53 Å². The van der Waals surface area contributed by atoms with Gasteiger partial charge in [-0.1, -0.05) is 25.7 Å². The molecule has 0 radical (unpaired) electrons. The Morgan fingerprint density at radius 1 is 1.04 bits per heavy atom. The Morgan fingerprint density at radius 3 is 2.41 bits per heavy atom. The van der Waals surface area contributed by atoms with Crippen LogP contribution >= 0.6 is 0 Å². The van der Waals surface area contributed by atoms with Gasteiger partial charge in [-0.15, -0.1) is 0 Å². The predicted octanol–water partition coefficient (Wildman–Crippen LogP) is 2.99. The number of hydrogen-bond acceptors (Lipinski definition) is 4. The van der Waals surface area contributed by atoms with E-state index in [2.05, 4.69) is 35.7 Å². The molecule has 3 rings (SSSR count). The molecule has 1 saturated heterocycles. The Hall–Kier alpha value is -0.650. The molecule has 0 aromatic heterocycles. The minimum Gasteiger partial charge on any atom is -0.377 e. The van der Waals surface area contributed by atoms with Gasteiger partial charge in [0, 0.05) is 44.7 Å². The quantitative estimate of drug-likeness (QED) is 0.711. The van der Waals surface area contributed by atoms with Gasteiger partial charge in [0.15, 0.2) is 0 Å². The van der Waals surface area contributed by atoms with Crippen molar-refractivity contribution in [3.05, 3.63) is 0 Å². The molecule has 5 nitrogen and oxygen atoms in total. The smallest absolute Gasteiger partial charge is 0.220 e. The summed E-state index contributed by atoms with van der Waals surface area (Å²) in [5.74, 6) is 0.918. The Balaban J connectivity index is 1.64. The average Bonchev–Trinajstić information content (AvgIpc) is 2.62. The molecule has 27 heavy (non-hydrogen) atoms. The largest absolute Gasteiger partial charge is 0.377 e. The third kappa shape index (κ3) is 5.24. The molecule has 4 unspecified atom stereocenters. The maximum Gasteiger partial charge on any atom is 0.220 e. The number of hydrogen-bond donors (Lipinski definition) is 0. The number of carbonyl (C=O) groups is 1. The number of fused-ring (bicyclic) bond motifs is 1. The molecule has 2 saturated carbocycles. The summed E-state index contributed by atoms with van der Waals surface area (Å²) in [6.45, 7) is 8.03. The lowest BCUT2D eigenvalue weighted by Gasteiger charge is -2.54. The van der Waals surface area contributed by atoms with Crippen LogP contribution in [0.5, 0.6) is 0 Å². The van der Waals surface area contributed by atoms with E-state index in [0.29, 0.717) is 30.1 Å². The molecule has 3 fully saturated rings. The van der Waals surface area contributed by atoms with E-state index in [1.165, 1.54) is 51.4 Å². The van der Waals surface area contributed by atoms with Crippen LogP contribution in [0.4, 0.5) is 0 Å². The highest BCUT2D eigenvalue weighted by Gasteiger charge is 2.43. The van der Waals surface area contributed by atoms with Crippen LogP contribution in [0, 0.1) is 5.92 Å². The first-order chi connectivity index (χ1) is 13.0. The van der Waals surface area contributed by atoms with E-state index in [1.54, 1.807) is 6.92 Å². The number of rotatable bonds is 6. The molecule has 0 aromatic carbocycles. The van der Waals surface area contributed by atoms with Crippen LogP contribution in [0.15, 0.2) is 0 Å². The molecular formula is C22H41N3O2. The maximum absolute atomic E-state index is 12.3. The molecule has 5 atom stereocenters. The van der Waals surface area contributed by atoms with Gasteiger partial charge in [-0.05, 0) is 52.6 Å². The third-order valence-electron chi connectivity index (χ3n) is 7.04. The second-order valence-corrected chi connectivity index (χ2v) is 9.41. The van der Waals surface area contributed by atoms with E-state index < -0.39 is 0 Å². The summed E-state index contributed by atoms with van der Waals surface area (Å²) in [6.07, 6.45) is 10.6. The molecule has 0 aromatic rings. The number of ether oxygens (including phenoxy) is 1. The number of likely N-dealkylation sites (N-methyl/N-ethyl adjacent to an activating group) is 1. The summed E-state index contributed by atoms with van der Waals surface area (Å²) in [5, 5.41) is 0. The number of nitrogens with zero attached hydrogens (tertiary/aromatic N) is 3. The summed E-state index contributed by atoms with van der Waals surface area (Å²) < 4.78 is 6.34. The van der Waals surface area contributed by atoms with Gasteiger partial charge in [0.05, 0.1) is 12.7 Å². The van der Waals surface area contributed by atoms with Crippen molar-refractivity contribution in [1.82, 2.24) is 14.7 Å². The molecule has 1 amide bonds. The normalized spacial score (nSPS) is 35.3. The molecule has 0 N–H and O–H groups in total. The van der Waals surface area contributed by atoms with E-state index >= 15 is 0 Å². The first kappa shape index (κ1) is 21.1. The highest BCUT2D eigenvalue weighted by atomic mass is 16.5. The minimum atomic E-state index is 0.265. The van der Waals surface area contributed by atoms with Gasteiger partial charge in [-0.2, -0.15) is 0 Å². The van der Waals surface area contributed by atoms with Crippen molar-refractivity contribution in [1.29, 1.82) is 0 Å². The molecule has 156 valence electrons. The van der Waals surface area contributed by atoms with E-state index in [1.807, 2.05) is 0 Å². The van der Waals surface area contributed by atoms with Crippen LogP contribution in [0.2, 0.25) is 0 Å². The summed E-state index contributed by atoms with van der Waals surface area (Å²) in [6, 6.07) is 1.32. The molecule has 5 heteroatoms. The molecule has 2 aliphatic carbocycles. The molecule has 0 spiro atoms. The fourth-order valence-electron chi connectivity index (χ4n) is 5.78. The van der Waals surface area contributed by atoms with Crippen molar-refractivity contribution in [2.75, 3.05) is 40.3 Å². The van der Waals surface area contributed by atoms with Gasteiger partial charge in [0.2, 0.25) is 5.91 Å². The molecule has 1 heterocycles. The van der Waals surface area contributed by atoms with Crippen molar-refractivity contribution >= 4 is 5.91 Å². The molecule has 0 bridgehead atoms. The van der Waals surface area contributed by atoms with Gasteiger partial charge in [-0.3, -0.25) is 9.69 Å². The predicted molar refractivity (Wildman–Crippen MR) is 110 cm³/mol. The fourth-order valence-corrected chi connectivity index (χ4v) is 5.78. The summed E-state index contributed by atoms with van der Waals surface area (Å²) in [5.41, 5.74) is 0. The Bertz CT molecular complexity index is 484. The first-order valence-corrected chi connectivity index (χ1v) is 11.3. The number of carbonyl (C=O) groups excluding carboxylic acids is 1. The maximum atomic E-state index is 12.3. The standard InChI is InChI=1S/C22H41N3O2/c1-17-15-24(20-10-6-7-11-21(20)25(17)18(2)26)16-19-9-5-8-12-22(19)27-14-13-23(3)4/h17,19-22H,5-16H2,1-4H3/t17-,19?,20?,21?,22?/m0/s1. The van der Waals surface area contributed by atoms with Crippen LogP contribution in [0.1, 0.15) is 65.2 Å². The second-order valence-electron chi connectivity index (χ2n) is 9.41. The lowest BCUT2D eigenvalue weighted by molar-refractivity contribution is -0.143. The van der Waals surface area contributed by atoms with Gasteiger partial charge in [-0.25, -0.2) is 0 Å². The Kier molecular flexibility index (Phi) is 7.57. The topological polar surface area (TPSA) is 36.0 Å². The third-order valence-corrected chi connectivity index (χ3v) is 7.04. The fraction of sp³-hybridized carbons (Fsp3) is 0.955. The average molecular weight is 380 g/mol. The van der Waals surface area contributed by atoms with E-state index in [4.69, 9.17) is 4.74 Å². The zero-order valence-corrected chi connectivity index (χ0v) is 18.0. The van der Waals surface area contributed by atoms with Gasteiger partial charge < -0.3 is 14.5 Å². The van der Waals surface area contributed by atoms with Gasteiger partial charge in [0.1, 0.15) is 0 Å². The lowest BCUT2D eigenvalue weighted by atomic mass is 9.81. The summed E-state index contributed by atoms with van der Waals surface area (Å²) in [4.78, 5) is 19.4. The van der Waals surface area contributed by atoms with Crippen molar-refractivity contribution < 1.29 is 9.53 Å². The zero-order chi connectivity index (χ0) is 19.4. The van der Waals surface area contributed by atoms with Crippen molar-refractivity contribution in [3.8, 4) is 0 Å². The second kappa shape index (κ2) is 9.71. The van der Waals surface area contributed by atoms with E-state index in [-0.39, 0.29) is 5.91 Å². The first-order valence-electron chi connectivity index (χ1n) is 11.3. The molecule has 3 aliphatic rings. The summed E-state index contributed by atoms with van der Waals surface area (Å²) in [7, 11) is 4.22. The minimum absolute atomic E-state index is 0.265. The SMILES string of the molecule is CC(=O)N1C2CCCCC2N(CC2CCCCC2OCCN(C)C)C[C@@H]1C.